The van der Waals surface area contributed by atoms with Crippen LogP contribution in [0.25, 0.3) is 11.6 Å². The molecule has 0 bridgehead atoms. The minimum absolute atomic E-state index is 0.0176. The second-order valence-electron chi connectivity index (χ2n) is 6.58. The van der Waals surface area contributed by atoms with Crippen molar-refractivity contribution in [2.45, 2.75) is 19.3 Å². The van der Waals surface area contributed by atoms with Crippen LogP contribution in [0.1, 0.15) is 29.7 Å². The first-order valence-electron chi connectivity index (χ1n) is 8.83. The molecule has 5 heteroatoms. The van der Waals surface area contributed by atoms with Crippen LogP contribution in [0.5, 0.6) is 0 Å². The highest BCUT2D eigenvalue weighted by molar-refractivity contribution is 5.92. The Bertz CT molecular complexity index is 894. The Morgan fingerprint density at radius 2 is 2.27 bits per heavy atom. The van der Waals surface area contributed by atoms with Gasteiger partial charge in [0.1, 0.15) is 11.6 Å². The van der Waals surface area contributed by atoms with Crippen LogP contribution in [0.3, 0.4) is 0 Å². The number of fused-ring (bicyclic) bond motifs is 1. The van der Waals surface area contributed by atoms with E-state index in [0.29, 0.717) is 13.1 Å². The van der Waals surface area contributed by atoms with Gasteiger partial charge in [-0.3, -0.25) is 4.79 Å². The minimum atomic E-state index is 0.0176. The van der Waals surface area contributed by atoms with E-state index in [0.717, 1.165) is 53.2 Å². The molecule has 0 radical (unpaired) electrons. The molecular formula is C21H21N3O2. The third-order valence-electron chi connectivity index (χ3n) is 4.76. The third-order valence-corrected chi connectivity index (χ3v) is 4.76. The highest BCUT2D eigenvalue weighted by Crippen LogP contribution is 2.25. The summed E-state index contributed by atoms with van der Waals surface area (Å²) in [4.78, 5) is 18.7. The summed E-state index contributed by atoms with van der Waals surface area (Å²) in [6.45, 7) is 5.25. The number of aryl methyl sites for hydroxylation is 1. The number of aromatic nitrogens is 1. The highest BCUT2D eigenvalue weighted by atomic mass is 16.3. The summed E-state index contributed by atoms with van der Waals surface area (Å²) in [7, 11) is 0. The zero-order valence-corrected chi connectivity index (χ0v) is 14.6. The summed E-state index contributed by atoms with van der Waals surface area (Å²) in [5, 5.41) is 3.20. The van der Waals surface area contributed by atoms with Crippen LogP contribution in [0, 0.1) is 0 Å². The van der Waals surface area contributed by atoms with E-state index >= 15 is 0 Å². The molecule has 0 aromatic carbocycles. The molecule has 2 aromatic heterocycles. The van der Waals surface area contributed by atoms with E-state index in [9.17, 15) is 4.79 Å². The van der Waals surface area contributed by atoms with Gasteiger partial charge >= 0.3 is 0 Å². The molecule has 0 spiro atoms. The maximum absolute atomic E-state index is 12.4. The van der Waals surface area contributed by atoms with Gasteiger partial charge in [0.05, 0.1) is 6.26 Å². The molecule has 1 N–H and O–H groups in total. The van der Waals surface area contributed by atoms with Gasteiger partial charge in [0.15, 0.2) is 0 Å². The molecule has 1 amide bonds. The van der Waals surface area contributed by atoms with Crippen LogP contribution in [-0.2, 0) is 11.2 Å². The van der Waals surface area contributed by atoms with Gasteiger partial charge in [0.2, 0.25) is 5.91 Å². The second kappa shape index (κ2) is 7.04. The van der Waals surface area contributed by atoms with Gasteiger partial charge in [-0.1, -0.05) is 12.7 Å². The highest BCUT2D eigenvalue weighted by Gasteiger charge is 2.17. The molecule has 0 fully saturated rings. The third kappa shape index (κ3) is 3.47. The van der Waals surface area contributed by atoms with Gasteiger partial charge in [0, 0.05) is 31.1 Å². The van der Waals surface area contributed by atoms with Crippen molar-refractivity contribution in [2.75, 3.05) is 18.4 Å². The lowest BCUT2D eigenvalue weighted by molar-refractivity contribution is -0.125. The standard InChI is InChI=1S/C21H21N3O2/c1-15-4-6-18-13-16(14-22-21(18)23-15)5-7-20(25)24-10-8-17(9-11-24)19-3-2-12-26-19/h2-3,5,7-8,12-14H,1,4,6,9-11H2,(H,22,23)/b7-5+. The van der Waals surface area contributed by atoms with Crippen molar-refractivity contribution in [2.24, 2.45) is 0 Å². The molecule has 4 rings (SSSR count). The van der Waals surface area contributed by atoms with Crippen molar-refractivity contribution in [3.63, 3.8) is 0 Å². The number of hydrogen-bond acceptors (Lipinski definition) is 4. The number of carbonyl (C=O) groups excluding carboxylic acids is 1. The molecule has 5 nitrogen and oxygen atoms in total. The molecule has 26 heavy (non-hydrogen) atoms. The predicted molar refractivity (Wildman–Crippen MR) is 102 cm³/mol. The van der Waals surface area contributed by atoms with Crippen molar-refractivity contribution >= 4 is 23.4 Å². The van der Waals surface area contributed by atoms with Crippen molar-refractivity contribution in [3.8, 4) is 0 Å². The lowest BCUT2D eigenvalue weighted by Crippen LogP contribution is -2.33. The van der Waals surface area contributed by atoms with Crippen molar-refractivity contribution in [1.82, 2.24) is 9.88 Å². The maximum atomic E-state index is 12.4. The molecule has 132 valence electrons. The summed E-state index contributed by atoms with van der Waals surface area (Å²) < 4.78 is 5.42. The van der Waals surface area contributed by atoms with Crippen molar-refractivity contribution in [1.29, 1.82) is 0 Å². The smallest absolute Gasteiger partial charge is 0.246 e. The van der Waals surface area contributed by atoms with E-state index < -0.39 is 0 Å². The number of nitrogens with zero attached hydrogens (tertiary/aromatic N) is 2. The normalized spacial score (nSPS) is 17.0. The van der Waals surface area contributed by atoms with Crippen LogP contribution in [0.4, 0.5) is 5.82 Å². The zero-order valence-electron chi connectivity index (χ0n) is 14.6. The summed E-state index contributed by atoms with van der Waals surface area (Å²) in [5.41, 5.74) is 4.26. The number of furan rings is 1. The van der Waals surface area contributed by atoms with E-state index in [-0.39, 0.29) is 5.91 Å². The van der Waals surface area contributed by atoms with Crippen LogP contribution >= 0.6 is 0 Å². The number of hydrogen-bond donors (Lipinski definition) is 1. The van der Waals surface area contributed by atoms with Crippen LogP contribution in [0.2, 0.25) is 0 Å². The van der Waals surface area contributed by atoms with Gasteiger partial charge in [-0.25, -0.2) is 4.98 Å². The molecule has 2 aliphatic rings. The number of carbonyl (C=O) groups is 1. The number of rotatable bonds is 3. The molecule has 4 heterocycles. The number of pyridine rings is 1. The number of anilines is 1. The number of nitrogens with one attached hydrogen (secondary N) is 1. The molecule has 2 aromatic rings. The quantitative estimate of drug-likeness (QED) is 0.856. The molecule has 0 aliphatic carbocycles. The SMILES string of the molecule is C=C1CCc2cc(/C=C/C(=O)N3CC=C(c4ccco4)CC3)cnc2N1. The van der Waals surface area contributed by atoms with E-state index in [2.05, 4.69) is 29.0 Å². The average molecular weight is 347 g/mol. The minimum Gasteiger partial charge on any atom is -0.465 e. The van der Waals surface area contributed by atoms with Crippen molar-refractivity contribution in [3.05, 3.63) is 72.0 Å². The lowest BCUT2D eigenvalue weighted by atomic mass is 10.0. The van der Waals surface area contributed by atoms with E-state index in [1.54, 1.807) is 18.5 Å². The first-order chi connectivity index (χ1) is 12.7. The summed E-state index contributed by atoms with van der Waals surface area (Å²) in [6.07, 6.45) is 11.6. The van der Waals surface area contributed by atoms with Crippen molar-refractivity contribution < 1.29 is 9.21 Å². The van der Waals surface area contributed by atoms with Gasteiger partial charge in [0.25, 0.3) is 0 Å². The molecule has 0 atom stereocenters. The van der Waals surface area contributed by atoms with E-state index in [4.69, 9.17) is 4.42 Å². The van der Waals surface area contributed by atoms with Crippen LogP contribution in [0.15, 0.2) is 59.5 Å². The predicted octanol–water partition coefficient (Wildman–Crippen LogP) is 3.88. The first kappa shape index (κ1) is 16.4. The van der Waals surface area contributed by atoms with Gasteiger partial charge in [-0.2, -0.15) is 0 Å². The number of allylic oxidation sites excluding steroid dienone is 1. The van der Waals surface area contributed by atoms with Gasteiger partial charge in [-0.15, -0.1) is 0 Å². The molecular weight excluding hydrogens is 326 g/mol. The Morgan fingerprint density at radius 1 is 1.35 bits per heavy atom. The monoisotopic (exact) mass is 347 g/mol. The van der Waals surface area contributed by atoms with E-state index in [1.807, 2.05) is 23.1 Å². The fourth-order valence-electron chi connectivity index (χ4n) is 3.27. The number of amides is 1. The van der Waals surface area contributed by atoms with E-state index in [1.165, 1.54) is 0 Å². The summed E-state index contributed by atoms with van der Waals surface area (Å²) >= 11 is 0. The molecule has 0 unspecified atom stereocenters. The largest absolute Gasteiger partial charge is 0.465 e. The Balaban J connectivity index is 1.40. The molecule has 0 saturated heterocycles. The maximum Gasteiger partial charge on any atom is 0.246 e. The lowest BCUT2D eigenvalue weighted by Gasteiger charge is -2.24. The fourth-order valence-corrected chi connectivity index (χ4v) is 3.27. The Kier molecular flexibility index (Phi) is 4.44. The Hall–Kier alpha value is -3.08. The zero-order chi connectivity index (χ0) is 17.9. The average Bonchev–Trinajstić information content (AvgIpc) is 3.21. The molecule has 0 saturated carbocycles. The van der Waals surface area contributed by atoms with Gasteiger partial charge in [-0.05, 0) is 60.2 Å². The van der Waals surface area contributed by atoms with Gasteiger partial charge < -0.3 is 14.6 Å². The summed E-state index contributed by atoms with van der Waals surface area (Å²) in [5.74, 6) is 1.78. The Morgan fingerprint density at radius 3 is 3.04 bits per heavy atom. The van der Waals surface area contributed by atoms with Crippen LogP contribution in [-0.4, -0.2) is 28.9 Å². The topological polar surface area (TPSA) is 58.4 Å². The molecule has 2 aliphatic heterocycles. The first-order valence-corrected chi connectivity index (χ1v) is 8.83. The fraction of sp³-hybridized carbons (Fsp3) is 0.238. The Labute approximate surface area is 152 Å². The summed E-state index contributed by atoms with van der Waals surface area (Å²) in [6, 6.07) is 5.92. The van der Waals surface area contributed by atoms with Crippen LogP contribution < -0.4 is 5.32 Å². The second-order valence-corrected chi connectivity index (χ2v) is 6.58.